The largest absolute Gasteiger partial charge is 0.380 e. The van der Waals surface area contributed by atoms with Gasteiger partial charge in [-0.2, -0.15) is 0 Å². The van der Waals surface area contributed by atoms with Crippen LogP contribution < -0.4 is 5.32 Å². The molecule has 1 aliphatic heterocycles. The van der Waals surface area contributed by atoms with E-state index in [0.29, 0.717) is 5.41 Å². The van der Waals surface area contributed by atoms with Crippen LogP contribution in [-0.2, 0) is 4.74 Å². The van der Waals surface area contributed by atoms with Crippen molar-refractivity contribution in [2.45, 2.75) is 52.0 Å². The average molecular weight is 211 g/mol. The van der Waals surface area contributed by atoms with Gasteiger partial charge in [0.2, 0.25) is 0 Å². The van der Waals surface area contributed by atoms with Gasteiger partial charge in [-0.15, -0.1) is 0 Å². The van der Waals surface area contributed by atoms with Crippen LogP contribution in [0, 0.1) is 11.3 Å². The number of ether oxygens (including phenoxy) is 1. The van der Waals surface area contributed by atoms with Crippen LogP contribution in [-0.4, -0.2) is 25.8 Å². The molecule has 1 saturated carbocycles. The zero-order valence-electron chi connectivity index (χ0n) is 10.2. The highest BCUT2D eigenvalue weighted by molar-refractivity contribution is 4.85. The lowest BCUT2D eigenvalue weighted by Crippen LogP contribution is -2.49. The van der Waals surface area contributed by atoms with E-state index in [2.05, 4.69) is 19.2 Å². The summed E-state index contributed by atoms with van der Waals surface area (Å²) in [6.45, 7) is 7.75. The topological polar surface area (TPSA) is 21.3 Å². The molecule has 2 aliphatic rings. The smallest absolute Gasteiger partial charge is 0.0554 e. The van der Waals surface area contributed by atoms with Gasteiger partial charge in [0, 0.05) is 18.0 Å². The van der Waals surface area contributed by atoms with Crippen molar-refractivity contribution in [1.82, 2.24) is 5.32 Å². The fraction of sp³-hybridized carbons (Fsp3) is 1.00. The highest BCUT2D eigenvalue weighted by atomic mass is 16.5. The lowest BCUT2D eigenvalue weighted by molar-refractivity contribution is -0.100. The van der Waals surface area contributed by atoms with Crippen molar-refractivity contribution in [2.75, 3.05) is 19.8 Å². The summed E-state index contributed by atoms with van der Waals surface area (Å²) in [6, 6.07) is 0.771. The van der Waals surface area contributed by atoms with E-state index in [-0.39, 0.29) is 0 Å². The highest BCUT2D eigenvalue weighted by Gasteiger charge is 2.33. The highest BCUT2D eigenvalue weighted by Crippen LogP contribution is 2.27. The van der Waals surface area contributed by atoms with Gasteiger partial charge in [-0.3, -0.25) is 0 Å². The van der Waals surface area contributed by atoms with E-state index in [1.54, 1.807) is 0 Å². The molecule has 0 aromatic rings. The van der Waals surface area contributed by atoms with E-state index >= 15 is 0 Å². The first-order valence-corrected chi connectivity index (χ1v) is 6.49. The maximum absolute atomic E-state index is 5.28. The third kappa shape index (κ3) is 3.18. The molecule has 0 amide bonds. The van der Waals surface area contributed by atoms with E-state index in [1.165, 1.54) is 32.1 Å². The van der Waals surface area contributed by atoms with Crippen molar-refractivity contribution in [1.29, 1.82) is 0 Å². The first-order valence-electron chi connectivity index (χ1n) is 6.49. The van der Waals surface area contributed by atoms with Crippen LogP contribution in [0.25, 0.3) is 0 Å². The summed E-state index contributed by atoms with van der Waals surface area (Å²) in [7, 11) is 0. The van der Waals surface area contributed by atoms with Gasteiger partial charge < -0.3 is 10.1 Å². The van der Waals surface area contributed by atoms with E-state index in [4.69, 9.17) is 4.74 Å². The molecule has 0 radical (unpaired) electrons. The van der Waals surface area contributed by atoms with Crippen LogP contribution in [0.3, 0.4) is 0 Å². The molecule has 2 unspecified atom stereocenters. The van der Waals surface area contributed by atoms with Crippen molar-refractivity contribution < 1.29 is 4.74 Å². The number of hydrogen-bond donors (Lipinski definition) is 1. The molecule has 2 rings (SSSR count). The summed E-state index contributed by atoms with van der Waals surface area (Å²) in [4.78, 5) is 0. The molecule has 1 saturated heterocycles. The van der Waals surface area contributed by atoms with Gasteiger partial charge in [-0.05, 0) is 25.2 Å². The zero-order chi connectivity index (χ0) is 10.7. The van der Waals surface area contributed by atoms with Crippen molar-refractivity contribution in [3.05, 3.63) is 0 Å². The fourth-order valence-corrected chi connectivity index (χ4v) is 2.63. The Bertz CT molecular complexity index is 201. The Morgan fingerprint density at radius 3 is 2.67 bits per heavy atom. The van der Waals surface area contributed by atoms with Gasteiger partial charge in [-0.1, -0.05) is 26.7 Å². The normalized spacial score (nSPS) is 35.6. The summed E-state index contributed by atoms with van der Waals surface area (Å²) in [5.74, 6) is 0.944. The second kappa shape index (κ2) is 4.84. The molecular formula is C13H25NO. The van der Waals surface area contributed by atoms with Gasteiger partial charge in [0.15, 0.2) is 0 Å². The standard InChI is InChI=1S/C13H25NO/c1-11-4-3-5-12(7-6-11)14-8-13(2)9-15-10-13/h11-12,14H,3-10H2,1-2H3. The molecule has 1 aliphatic carbocycles. The quantitative estimate of drug-likeness (QED) is 0.724. The molecule has 2 fully saturated rings. The Hall–Kier alpha value is -0.0800. The average Bonchev–Trinajstić information content (AvgIpc) is 2.37. The predicted octanol–water partition coefficient (Wildman–Crippen LogP) is 2.58. The Labute approximate surface area is 93.8 Å². The van der Waals surface area contributed by atoms with Gasteiger partial charge in [0.25, 0.3) is 0 Å². The van der Waals surface area contributed by atoms with Gasteiger partial charge in [0.1, 0.15) is 0 Å². The monoisotopic (exact) mass is 211 g/mol. The maximum atomic E-state index is 5.28. The fourth-order valence-electron chi connectivity index (χ4n) is 2.63. The molecule has 2 nitrogen and oxygen atoms in total. The molecule has 0 aromatic carbocycles. The van der Waals surface area contributed by atoms with Crippen molar-refractivity contribution in [2.24, 2.45) is 11.3 Å². The third-order valence-electron chi connectivity index (χ3n) is 3.98. The molecule has 2 heteroatoms. The number of nitrogens with one attached hydrogen (secondary N) is 1. The van der Waals surface area contributed by atoms with Crippen LogP contribution >= 0.6 is 0 Å². The minimum Gasteiger partial charge on any atom is -0.380 e. The first-order chi connectivity index (χ1) is 7.18. The first kappa shape index (κ1) is 11.4. The molecule has 1 N–H and O–H groups in total. The van der Waals surface area contributed by atoms with Gasteiger partial charge in [0.05, 0.1) is 13.2 Å². The molecule has 0 aromatic heterocycles. The molecule has 88 valence electrons. The summed E-state index contributed by atoms with van der Waals surface area (Å²) in [5, 5.41) is 3.74. The molecule has 0 spiro atoms. The van der Waals surface area contributed by atoms with Crippen molar-refractivity contribution in [3.8, 4) is 0 Å². The van der Waals surface area contributed by atoms with E-state index < -0.39 is 0 Å². The van der Waals surface area contributed by atoms with Crippen LogP contribution in [0.4, 0.5) is 0 Å². The number of hydrogen-bond acceptors (Lipinski definition) is 2. The minimum atomic E-state index is 0.428. The second-order valence-electron chi connectivity index (χ2n) is 5.99. The molecular weight excluding hydrogens is 186 g/mol. The maximum Gasteiger partial charge on any atom is 0.0554 e. The Balaban J connectivity index is 1.69. The molecule has 1 heterocycles. The molecule has 2 atom stereocenters. The van der Waals surface area contributed by atoms with Crippen molar-refractivity contribution in [3.63, 3.8) is 0 Å². The summed E-state index contributed by atoms with van der Waals surface area (Å²) < 4.78 is 5.28. The number of rotatable bonds is 3. The van der Waals surface area contributed by atoms with E-state index in [0.717, 1.165) is 31.7 Å². The summed E-state index contributed by atoms with van der Waals surface area (Å²) >= 11 is 0. The van der Waals surface area contributed by atoms with E-state index in [1.807, 2.05) is 0 Å². The second-order valence-corrected chi connectivity index (χ2v) is 5.99. The van der Waals surface area contributed by atoms with Crippen LogP contribution in [0.1, 0.15) is 46.0 Å². The van der Waals surface area contributed by atoms with Crippen LogP contribution in [0.2, 0.25) is 0 Å². The Morgan fingerprint density at radius 1 is 1.20 bits per heavy atom. The SMILES string of the molecule is CC1CCCC(NCC2(C)COC2)CC1. The molecule has 15 heavy (non-hydrogen) atoms. The van der Waals surface area contributed by atoms with Crippen molar-refractivity contribution >= 4 is 0 Å². The summed E-state index contributed by atoms with van der Waals surface area (Å²) in [5.41, 5.74) is 0.428. The van der Waals surface area contributed by atoms with Crippen LogP contribution in [0.5, 0.6) is 0 Å². The lowest BCUT2D eigenvalue weighted by Gasteiger charge is -2.39. The molecule has 0 bridgehead atoms. The van der Waals surface area contributed by atoms with E-state index in [9.17, 15) is 0 Å². The summed E-state index contributed by atoms with van der Waals surface area (Å²) in [6.07, 6.45) is 6.99. The van der Waals surface area contributed by atoms with Gasteiger partial charge >= 0.3 is 0 Å². The third-order valence-corrected chi connectivity index (χ3v) is 3.98. The Kier molecular flexibility index (Phi) is 3.68. The minimum absolute atomic E-state index is 0.428. The Morgan fingerprint density at radius 2 is 2.00 bits per heavy atom. The zero-order valence-corrected chi connectivity index (χ0v) is 10.2. The predicted molar refractivity (Wildman–Crippen MR) is 63.0 cm³/mol. The van der Waals surface area contributed by atoms with Crippen LogP contribution in [0.15, 0.2) is 0 Å². The van der Waals surface area contributed by atoms with Gasteiger partial charge in [-0.25, -0.2) is 0 Å². The lowest BCUT2D eigenvalue weighted by atomic mass is 9.88.